The SMILES string of the molecule is C=C.CCCN(CCC)CC(C)c1ccccc1. The van der Waals surface area contributed by atoms with Crippen molar-refractivity contribution in [3.05, 3.63) is 49.1 Å². The van der Waals surface area contributed by atoms with E-state index in [0.717, 1.165) is 0 Å². The molecule has 0 heterocycles. The highest BCUT2D eigenvalue weighted by molar-refractivity contribution is 5.18. The molecule has 0 aromatic heterocycles. The number of nitrogens with zero attached hydrogens (tertiary/aromatic N) is 1. The van der Waals surface area contributed by atoms with Crippen LogP contribution in [0.15, 0.2) is 43.5 Å². The van der Waals surface area contributed by atoms with Gasteiger partial charge >= 0.3 is 0 Å². The summed E-state index contributed by atoms with van der Waals surface area (Å²) in [5.74, 6) is 0.638. The Morgan fingerprint density at radius 2 is 1.50 bits per heavy atom. The fourth-order valence-corrected chi connectivity index (χ4v) is 2.20. The van der Waals surface area contributed by atoms with Gasteiger partial charge in [0.05, 0.1) is 0 Å². The molecule has 102 valence electrons. The van der Waals surface area contributed by atoms with Gasteiger partial charge in [-0.25, -0.2) is 0 Å². The van der Waals surface area contributed by atoms with E-state index in [1.807, 2.05) is 0 Å². The highest BCUT2D eigenvalue weighted by atomic mass is 15.1. The summed E-state index contributed by atoms with van der Waals surface area (Å²) in [7, 11) is 0. The fourth-order valence-electron chi connectivity index (χ4n) is 2.20. The second-order valence-electron chi connectivity index (χ2n) is 4.61. The van der Waals surface area contributed by atoms with Crippen LogP contribution in [0.25, 0.3) is 0 Å². The molecule has 0 saturated heterocycles. The van der Waals surface area contributed by atoms with Crippen molar-refractivity contribution >= 4 is 0 Å². The third kappa shape index (κ3) is 6.61. The normalized spacial score (nSPS) is 11.8. The second-order valence-corrected chi connectivity index (χ2v) is 4.61. The number of benzene rings is 1. The van der Waals surface area contributed by atoms with Crippen molar-refractivity contribution in [2.24, 2.45) is 0 Å². The van der Waals surface area contributed by atoms with Crippen molar-refractivity contribution < 1.29 is 0 Å². The Morgan fingerprint density at radius 3 is 1.94 bits per heavy atom. The molecular formula is C17H29N. The van der Waals surface area contributed by atoms with Crippen LogP contribution in [-0.4, -0.2) is 24.5 Å². The Balaban J connectivity index is 0.00000137. The summed E-state index contributed by atoms with van der Waals surface area (Å²) < 4.78 is 0. The molecule has 0 aliphatic heterocycles. The first-order valence-electron chi connectivity index (χ1n) is 7.05. The minimum Gasteiger partial charge on any atom is -0.303 e. The summed E-state index contributed by atoms with van der Waals surface area (Å²) in [6.45, 7) is 16.5. The third-order valence-electron chi connectivity index (χ3n) is 2.98. The lowest BCUT2D eigenvalue weighted by Crippen LogP contribution is -2.29. The summed E-state index contributed by atoms with van der Waals surface area (Å²) >= 11 is 0. The maximum Gasteiger partial charge on any atom is 0.00476 e. The zero-order valence-electron chi connectivity index (χ0n) is 12.4. The highest BCUT2D eigenvalue weighted by Gasteiger charge is 2.10. The lowest BCUT2D eigenvalue weighted by Gasteiger charge is -2.25. The van der Waals surface area contributed by atoms with Crippen molar-refractivity contribution in [2.45, 2.75) is 39.5 Å². The highest BCUT2D eigenvalue weighted by Crippen LogP contribution is 2.16. The smallest absolute Gasteiger partial charge is 0.00476 e. The van der Waals surface area contributed by atoms with Gasteiger partial charge in [-0.05, 0) is 37.4 Å². The summed E-state index contributed by atoms with van der Waals surface area (Å²) in [5, 5.41) is 0. The van der Waals surface area contributed by atoms with Gasteiger partial charge in [0.1, 0.15) is 0 Å². The van der Waals surface area contributed by atoms with E-state index in [0.29, 0.717) is 5.92 Å². The minimum atomic E-state index is 0.638. The lowest BCUT2D eigenvalue weighted by molar-refractivity contribution is 0.261. The molecule has 0 aliphatic rings. The quantitative estimate of drug-likeness (QED) is 0.630. The predicted octanol–water partition coefficient (Wildman–Crippen LogP) is 4.71. The van der Waals surface area contributed by atoms with Gasteiger partial charge < -0.3 is 4.90 Å². The first kappa shape index (κ1) is 16.9. The van der Waals surface area contributed by atoms with Gasteiger partial charge in [0.25, 0.3) is 0 Å². The topological polar surface area (TPSA) is 3.24 Å². The summed E-state index contributed by atoms with van der Waals surface area (Å²) in [6, 6.07) is 10.8. The van der Waals surface area contributed by atoms with Crippen LogP contribution in [0.3, 0.4) is 0 Å². The van der Waals surface area contributed by atoms with Crippen molar-refractivity contribution in [2.75, 3.05) is 19.6 Å². The van der Waals surface area contributed by atoms with Crippen molar-refractivity contribution in [3.8, 4) is 0 Å². The van der Waals surface area contributed by atoms with Gasteiger partial charge in [0.15, 0.2) is 0 Å². The van der Waals surface area contributed by atoms with Crippen LogP contribution in [0.5, 0.6) is 0 Å². The molecule has 1 aromatic carbocycles. The number of rotatable bonds is 7. The molecule has 0 saturated carbocycles. The predicted molar refractivity (Wildman–Crippen MR) is 83.1 cm³/mol. The van der Waals surface area contributed by atoms with Gasteiger partial charge in [0.2, 0.25) is 0 Å². The Kier molecular flexibility index (Phi) is 10.4. The Labute approximate surface area is 114 Å². The van der Waals surface area contributed by atoms with Crippen LogP contribution in [0.2, 0.25) is 0 Å². The molecule has 0 N–H and O–H groups in total. The summed E-state index contributed by atoms with van der Waals surface area (Å²) in [4.78, 5) is 2.58. The van der Waals surface area contributed by atoms with Crippen molar-refractivity contribution in [1.82, 2.24) is 4.90 Å². The molecule has 18 heavy (non-hydrogen) atoms. The van der Waals surface area contributed by atoms with Crippen molar-refractivity contribution in [3.63, 3.8) is 0 Å². The van der Waals surface area contributed by atoms with E-state index in [4.69, 9.17) is 0 Å². The average Bonchev–Trinajstić information content (AvgIpc) is 2.42. The Bertz CT molecular complexity index is 275. The first-order chi connectivity index (χ1) is 8.77. The summed E-state index contributed by atoms with van der Waals surface area (Å²) in [6.07, 6.45) is 2.50. The van der Waals surface area contributed by atoms with E-state index >= 15 is 0 Å². The zero-order valence-corrected chi connectivity index (χ0v) is 12.4. The molecule has 0 bridgehead atoms. The Morgan fingerprint density at radius 1 is 1.00 bits per heavy atom. The molecular weight excluding hydrogens is 218 g/mol. The zero-order chi connectivity index (χ0) is 13.8. The molecule has 1 aromatic rings. The first-order valence-corrected chi connectivity index (χ1v) is 7.05. The molecule has 1 nitrogen and oxygen atoms in total. The maximum absolute atomic E-state index is 3.00. The second kappa shape index (κ2) is 11.0. The largest absolute Gasteiger partial charge is 0.303 e. The number of hydrogen-bond acceptors (Lipinski definition) is 1. The third-order valence-corrected chi connectivity index (χ3v) is 2.98. The molecule has 1 rings (SSSR count). The molecule has 0 spiro atoms. The van der Waals surface area contributed by atoms with Crippen LogP contribution in [-0.2, 0) is 0 Å². The van der Waals surface area contributed by atoms with Gasteiger partial charge in [-0.2, -0.15) is 0 Å². The van der Waals surface area contributed by atoms with Gasteiger partial charge in [-0.3, -0.25) is 0 Å². The molecule has 0 aliphatic carbocycles. The molecule has 1 atom stereocenters. The monoisotopic (exact) mass is 247 g/mol. The summed E-state index contributed by atoms with van der Waals surface area (Å²) in [5.41, 5.74) is 1.46. The minimum absolute atomic E-state index is 0.638. The van der Waals surface area contributed by atoms with E-state index in [-0.39, 0.29) is 0 Å². The fraction of sp³-hybridized carbons (Fsp3) is 0.529. The maximum atomic E-state index is 3.00. The molecule has 0 radical (unpaired) electrons. The molecule has 0 amide bonds. The van der Waals surface area contributed by atoms with Crippen LogP contribution < -0.4 is 0 Å². The van der Waals surface area contributed by atoms with E-state index in [2.05, 4.69) is 69.2 Å². The standard InChI is InChI=1S/C15H25N.C2H4/c1-4-11-16(12-5-2)13-14(3)15-9-7-6-8-10-15;1-2/h6-10,14H,4-5,11-13H2,1-3H3;1-2H2. The number of hydrogen-bond donors (Lipinski definition) is 0. The van der Waals surface area contributed by atoms with Crippen LogP contribution in [0.1, 0.15) is 45.1 Å². The van der Waals surface area contributed by atoms with E-state index in [1.54, 1.807) is 0 Å². The van der Waals surface area contributed by atoms with E-state index in [9.17, 15) is 0 Å². The van der Waals surface area contributed by atoms with Gasteiger partial charge in [-0.15, -0.1) is 13.2 Å². The lowest BCUT2D eigenvalue weighted by atomic mass is 10.0. The van der Waals surface area contributed by atoms with Crippen LogP contribution in [0.4, 0.5) is 0 Å². The molecule has 1 unspecified atom stereocenters. The van der Waals surface area contributed by atoms with Gasteiger partial charge in [-0.1, -0.05) is 51.1 Å². The molecule has 0 fully saturated rings. The van der Waals surface area contributed by atoms with Crippen LogP contribution >= 0.6 is 0 Å². The van der Waals surface area contributed by atoms with Crippen LogP contribution in [0, 0.1) is 0 Å². The molecule has 1 heteroatoms. The van der Waals surface area contributed by atoms with E-state index in [1.165, 1.54) is 38.0 Å². The van der Waals surface area contributed by atoms with Crippen molar-refractivity contribution in [1.29, 1.82) is 0 Å². The Hall–Kier alpha value is -1.08. The average molecular weight is 247 g/mol. The van der Waals surface area contributed by atoms with E-state index < -0.39 is 0 Å². The van der Waals surface area contributed by atoms with Gasteiger partial charge in [0, 0.05) is 6.54 Å².